The van der Waals surface area contributed by atoms with Crippen LogP contribution in [0.3, 0.4) is 0 Å². The highest BCUT2D eigenvalue weighted by molar-refractivity contribution is 7.14. The number of oxazole rings is 1. The van der Waals surface area contributed by atoms with Crippen molar-refractivity contribution in [2.24, 2.45) is 0 Å². The molecule has 3 aromatic rings. The van der Waals surface area contributed by atoms with Gasteiger partial charge in [-0.1, -0.05) is 26.0 Å². The molecule has 0 aliphatic rings. The van der Waals surface area contributed by atoms with Crippen molar-refractivity contribution >= 4 is 22.2 Å². The molecule has 3 rings (SSSR count). The van der Waals surface area contributed by atoms with Gasteiger partial charge in [0.15, 0.2) is 16.8 Å². The zero-order valence-electron chi connectivity index (χ0n) is 14.0. The lowest BCUT2D eigenvalue weighted by Gasteiger charge is -2.07. The van der Waals surface area contributed by atoms with E-state index in [0.29, 0.717) is 5.89 Å². The minimum Gasteiger partial charge on any atom is -0.495 e. The summed E-state index contributed by atoms with van der Waals surface area (Å²) >= 11 is 1.51. The van der Waals surface area contributed by atoms with Crippen LogP contribution in [-0.2, 0) is 0 Å². The highest BCUT2D eigenvalue weighted by Crippen LogP contribution is 2.32. The van der Waals surface area contributed by atoms with Gasteiger partial charge in [-0.3, -0.25) is 0 Å². The average molecular weight is 333 g/mol. The van der Waals surface area contributed by atoms with E-state index in [1.807, 2.05) is 57.3 Å². The van der Waals surface area contributed by atoms with Crippen molar-refractivity contribution in [2.45, 2.75) is 27.7 Å². The molecule has 2 aromatic heterocycles. The van der Waals surface area contributed by atoms with Crippen molar-refractivity contribution in [3.63, 3.8) is 0 Å². The molecule has 0 aliphatic carbocycles. The number of hydrogen-bond donors (Lipinski definition) is 1. The van der Waals surface area contributed by atoms with Gasteiger partial charge in [0.25, 0.3) is 0 Å². The predicted octanol–water partition coefficient (Wildman–Crippen LogP) is 5.44. The lowest BCUT2D eigenvalue weighted by molar-refractivity contribution is 0.417. The Bertz CT molecular complexity index is 771. The smallest absolute Gasteiger partial charge is 0.192 e. The molecule has 0 fully saturated rings. The van der Waals surface area contributed by atoms with Crippen LogP contribution >= 0.6 is 11.3 Å². The summed E-state index contributed by atoms with van der Waals surface area (Å²) in [5.74, 6) is 2.15. The molecule has 124 valence electrons. The number of aryl methyl sites for hydroxylation is 2. The number of anilines is 2. The van der Waals surface area contributed by atoms with Crippen molar-refractivity contribution in [3.8, 4) is 17.2 Å². The van der Waals surface area contributed by atoms with Crippen molar-refractivity contribution in [2.75, 3.05) is 12.4 Å². The zero-order valence-corrected chi connectivity index (χ0v) is 14.8. The lowest BCUT2D eigenvalue weighted by Crippen LogP contribution is -1.93. The molecule has 2 heterocycles. The van der Waals surface area contributed by atoms with E-state index in [0.717, 1.165) is 33.7 Å². The molecule has 0 saturated carbocycles. The monoisotopic (exact) mass is 333 g/mol. The van der Waals surface area contributed by atoms with Crippen molar-refractivity contribution < 1.29 is 10.6 Å². The van der Waals surface area contributed by atoms with Crippen LogP contribution in [0.25, 0.3) is 11.5 Å². The van der Waals surface area contributed by atoms with Gasteiger partial charge >= 0.3 is 0 Å². The maximum atomic E-state index is 5.59. The molecule has 0 bridgehead atoms. The molecule has 5 nitrogen and oxygen atoms in total. The molecule has 0 amide bonds. The van der Waals surface area contributed by atoms with Gasteiger partial charge in [0, 0.05) is 13.7 Å². The van der Waals surface area contributed by atoms with Crippen molar-refractivity contribution in [1.82, 2.24) is 9.97 Å². The van der Waals surface area contributed by atoms with Gasteiger partial charge < -0.3 is 14.5 Å². The normalized spacial score (nSPS) is 9.96. The van der Waals surface area contributed by atoms with Crippen molar-refractivity contribution in [1.29, 1.82) is 0 Å². The zero-order chi connectivity index (χ0) is 16.8. The summed E-state index contributed by atoms with van der Waals surface area (Å²) in [6.07, 6.45) is 0. The Hall–Kier alpha value is -2.34. The van der Waals surface area contributed by atoms with Crippen LogP contribution in [-0.4, -0.2) is 17.1 Å². The first-order valence-corrected chi connectivity index (χ1v) is 8.35. The van der Waals surface area contributed by atoms with E-state index >= 15 is 0 Å². The topological polar surface area (TPSA) is 60.2 Å². The number of rotatable bonds is 4. The first-order chi connectivity index (χ1) is 11.2. The summed E-state index contributed by atoms with van der Waals surface area (Å²) in [6.45, 7) is 7.75. The van der Waals surface area contributed by atoms with Crippen molar-refractivity contribution in [3.05, 3.63) is 41.2 Å². The summed E-state index contributed by atoms with van der Waals surface area (Å²) in [4.78, 5) is 8.81. The third-order valence-corrected chi connectivity index (χ3v) is 3.75. The van der Waals surface area contributed by atoms with Crippen LogP contribution < -0.4 is 10.1 Å². The van der Waals surface area contributed by atoms with Gasteiger partial charge in [0.1, 0.15) is 11.4 Å². The van der Waals surface area contributed by atoms with Crippen LogP contribution in [0.2, 0.25) is 0 Å². The highest BCUT2D eigenvalue weighted by atomic mass is 32.1. The highest BCUT2D eigenvalue weighted by Gasteiger charge is 2.13. The maximum Gasteiger partial charge on any atom is 0.192 e. The Kier molecular flexibility index (Phi) is 5.76. The molecular formula is C17H23N3O2S. The third kappa shape index (κ3) is 3.90. The van der Waals surface area contributed by atoms with Gasteiger partial charge in [0.2, 0.25) is 0 Å². The fourth-order valence-corrected chi connectivity index (χ4v) is 2.77. The molecular weight excluding hydrogens is 310 g/mol. The number of benzene rings is 1. The maximum absolute atomic E-state index is 5.59. The molecule has 0 saturated heterocycles. The molecule has 0 atom stereocenters. The lowest BCUT2D eigenvalue weighted by atomic mass is 10.3. The minimum atomic E-state index is 0. The SMILES string of the molecule is CC.COc1ccccc1Nc1nc(-c2oc(C)nc2C)cs1.[HH]. The molecule has 0 radical (unpaired) electrons. The number of aromatic nitrogens is 2. The van der Waals surface area contributed by atoms with E-state index in [1.54, 1.807) is 7.11 Å². The second kappa shape index (κ2) is 7.78. The van der Waals surface area contributed by atoms with E-state index in [2.05, 4.69) is 15.3 Å². The Labute approximate surface area is 141 Å². The number of nitrogens with one attached hydrogen (secondary N) is 1. The molecule has 1 aromatic carbocycles. The summed E-state index contributed by atoms with van der Waals surface area (Å²) in [5.41, 5.74) is 2.52. The largest absolute Gasteiger partial charge is 0.495 e. The quantitative estimate of drug-likeness (QED) is 0.689. The Morgan fingerprint density at radius 1 is 1.17 bits per heavy atom. The average Bonchev–Trinajstić information content (AvgIpc) is 3.16. The van der Waals surface area contributed by atoms with Gasteiger partial charge in [0.05, 0.1) is 18.5 Å². The van der Waals surface area contributed by atoms with Crippen LogP contribution in [0.5, 0.6) is 5.75 Å². The summed E-state index contributed by atoms with van der Waals surface area (Å²) < 4.78 is 10.9. The van der Waals surface area contributed by atoms with Gasteiger partial charge in [-0.05, 0) is 19.1 Å². The standard InChI is InChI=1S/C15H15N3O2S.C2H6.H2/c1-9-14(20-10(2)16-9)12-8-21-15(18-12)17-11-6-4-5-7-13(11)19-3;1-2;/h4-8H,1-3H3,(H,17,18);1-2H3;1H. The number of methoxy groups -OCH3 is 1. The van der Waals surface area contributed by atoms with E-state index in [9.17, 15) is 0 Å². The number of para-hydroxylation sites is 2. The number of thiazole rings is 1. The van der Waals surface area contributed by atoms with E-state index in [1.165, 1.54) is 11.3 Å². The van der Waals surface area contributed by atoms with E-state index in [4.69, 9.17) is 9.15 Å². The van der Waals surface area contributed by atoms with Crippen LogP contribution in [0, 0.1) is 13.8 Å². The molecule has 6 heteroatoms. The summed E-state index contributed by atoms with van der Waals surface area (Å²) in [7, 11) is 1.65. The first-order valence-electron chi connectivity index (χ1n) is 7.47. The fraction of sp³-hybridized carbons (Fsp3) is 0.294. The summed E-state index contributed by atoms with van der Waals surface area (Å²) in [6, 6.07) is 7.73. The van der Waals surface area contributed by atoms with Gasteiger partial charge in [-0.15, -0.1) is 11.3 Å². The number of nitrogens with zero attached hydrogens (tertiary/aromatic N) is 2. The Morgan fingerprint density at radius 3 is 2.57 bits per heavy atom. The molecule has 0 aliphatic heterocycles. The van der Waals surface area contributed by atoms with Gasteiger partial charge in [-0.25, -0.2) is 9.97 Å². The predicted molar refractivity (Wildman–Crippen MR) is 96.8 cm³/mol. The van der Waals surface area contributed by atoms with Gasteiger partial charge in [-0.2, -0.15) is 0 Å². The molecule has 1 N–H and O–H groups in total. The molecule has 0 unspecified atom stereocenters. The second-order valence-electron chi connectivity index (χ2n) is 4.51. The Balaban J connectivity index is 0.000000925. The number of hydrogen-bond acceptors (Lipinski definition) is 6. The van der Waals surface area contributed by atoms with Crippen LogP contribution in [0.15, 0.2) is 34.1 Å². The number of ether oxygens (including phenoxy) is 1. The van der Waals surface area contributed by atoms with E-state index < -0.39 is 0 Å². The molecule has 0 spiro atoms. The second-order valence-corrected chi connectivity index (χ2v) is 5.37. The minimum absolute atomic E-state index is 0. The fourth-order valence-electron chi connectivity index (χ4n) is 2.07. The van der Waals surface area contributed by atoms with Crippen LogP contribution in [0.4, 0.5) is 10.8 Å². The first kappa shape index (κ1) is 17.0. The third-order valence-electron chi connectivity index (χ3n) is 2.99. The van der Waals surface area contributed by atoms with Crippen LogP contribution in [0.1, 0.15) is 26.9 Å². The van der Waals surface area contributed by atoms with E-state index in [-0.39, 0.29) is 1.43 Å². The Morgan fingerprint density at radius 2 is 1.91 bits per heavy atom. The molecule has 23 heavy (non-hydrogen) atoms. The summed E-state index contributed by atoms with van der Waals surface area (Å²) in [5, 5.41) is 5.99.